The Morgan fingerprint density at radius 2 is 1.80 bits per heavy atom. The first-order valence-corrected chi connectivity index (χ1v) is 9.23. The summed E-state index contributed by atoms with van der Waals surface area (Å²) in [7, 11) is 1.65. The lowest BCUT2D eigenvalue weighted by Crippen LogP contribution is -2.36. The van der Waals surface area contributed by atoms with Gasteiger partial charge >= 0.3 is 0 Å². The molecule has 1 aromatic carbocycles. The lowest BCUT2D eigenvalue weighted by Gasteiger charge is -2.27. The van der Waals surface area contributed by atoms with E-state index in [-0.39, 0.29) is 23.7 Å². The van der Waals surface area contributed by atoms with Gasteiger partial charge in [0.05, 0.1) is 0 Å². The predicted molar refractivity (Wildman–Crippen MR) is 99.8 cm³/mol. The molecule has 1 aliphatic carbocycles. The Morgan fingerprint density at radius 3 is 2.44 bits per heavy atom. The molecule has 0 atom stereocenters. The predicted octanol–water partition coefficient (Wildman–Crippen LogP) is 3.55. The highest BCUT2D eigenvalue weighted by atomic mass is 35.5. The molecule has 2 rings (SSSR count). The highest BCUT2D eigenvalue weighted by Crippen LogP contribution is 2.31. The lowest BCUT2D eigenvalue weighted by atomic mass is 9.81. The highest BCUT2D eigenvalue weighted by Gasteiger charge is 2.30. The van der Waals surface area contributed by atoms with Crippen molar-refractivity contribution in [3.05, 3.63) is 28.8 Å². The molecule has 0 unspecified atom stereocenters. The van der Waals surface area contributed by atoms with Gasteiger partial charge in [-0.15, -0.1) is 0 Å². The van der Waals surface area contributed by atoms with Crippen LogP contribution in [0.2, 0.25) is 5.02 Å². The third kappa shape index (κ3) is 5.72. The van der Waals surface area contributed by atoms with Crippen molar-refractivity contribution >= 4 is 29.1 Å². The molecule has 2 N–H and O–H groups in total. The summed E-state index contributed by atoms with van der Waals surface area (Å²) in [5, 5.41) is 6.57. The van der Waals surface area contributed by atoms with Gasteiger partial charge in [-0.05, 0) is 56.7 Å². The molecule has 0 bridgehead atoms. The van der Waals surface area contributed by atoms with Crippen molar-refractivity contribution in [3.8, 4) is 0 Å². The summed E-state index contributed by atoms with van der Waals surface area (Å²) in [5.74, 6) is 0.0837. The Balaban J connectivity index is 1.78. The standard InChI is InChI=1S/C19H27ClN2O3/c1-13-16(20)5-3-6-17(13)22-19(24)15-9-7-14(8-10-15)18(23)21-11-4-12-25-2/h3,5-6,14-15H,4,7-12H2,1-2H3,(H,21,23)(H,22,24). The average molecular weight is 367 g/mol. The second-order valence-electron chi connectivity index (χ2n) is 6.59. The van der Waals surface area contributed by atoms with E-state index >= 15 is 0 Å². The molecule has 5 nitrogen and oxygen atoms in total. The van der Waals surface area contributed by atoms with Gasteiger partial charge in [-0.1, -0.05) is 17.7 Å². The molecular weight excluding hydrogens is 340 g/mol. The van der Waals surface area contributed by atoms with Gasteiger partial charge < -0.3 is 15.4 Å². The number of halogens is 1. The van der Waals surface area contributed by atoms with Crippen LogP contribution in [0, 0.1) is 18.8 Å². The summed E-state index contributed by atoms with van der Waals surface area (Å²) in [6.45, 7) is 3.18. The molecule has 1 aliphatic rings. The van der Waals surface area contributed by atoms with Crippen molar-refractivity contribution < 1.29 is 14.3 Å². The van der Waals surface area contributed by atoms with Crippen molar-refractivity contribution in [2.45, 2.75) is 39.0 Å². The topological polar surface area (TPSA) is 67.4 Å². The summed E-state index contributed by atoms with van der Waals surface area (Å²) in [6.07, 6.45) is 3.80. The van der Waals surface area contributed by atoms with Crippen LogP contribution in [-0.2, 0) is 14.3 Å². The molecule has 0 spiro atoms. The van der Waals surface area contributed by atoms with Crippen LogP contribution in [-0.4, -0.2) is 32.1 Å². The zero-order valence-electron chi connectivity index (χ0n) is 14.9. The molecule has 1 aromatic rings. The van der Waals surface area contributed by atoms with Crippen molar-refractivity contribution in [1.29, 1.82) is 0 Å². The van der Waals surface area contributed by atoms with E-state index < -0.39 is 0 Å². The number of carbonyl (C=O) groups excluding carboxylic acids is 2. The molecule has 0 aromatic heterocycles. The number of ether oxygens (including phenoxy) is 1. The van der Waals surface area contributed by atoms with E-state index in [2.05, 4.69) is 10.6 Å². The molecular formula is C19H27ClN2O3. The van der Waals surface area contributed by atoms with Crippen molar-refractivity contribution in [2.75, 3.05) is 25.6 Å². The minimum absolute atomic E-state index is 0.0134. The van der Waals surface area contributed by atoms with E-state index in [4.69, 9.17) is 16.3 Å². The van der Waals surface area contributed by atoms with E-state index in [9.17, 15) is 9.59 Å². The van der Waals surface area contributed by atoms with Gasteiger partial charge in [-0.2, -0.15) is 0 Å². The largest absolute Gasteiger partial charge is 0.385 e. The Kier molecular flexibility index (Phi) is 7.72. The third-order valence-corrected chi connectivity index (χ3v) is 5.23. The smallest absolute Gasteiger partial charge is 0.227 e. The summed E-state index contributed by atoms with van der Waals surface area (Å²) in [5.41, 5.74) is 1.64. The molecule has 2 amide bonds. The Labute approximate surface area is 154 Å². The quantitative estimate of drug-likeness (QED) is 0.725. The van der Waals surface area contributed by atoms with Gasteiger partial charge in [0.15, 0.2) is 0 Å². The first-order valence-electron chi connectivity index (χ1n) is 8.85. The highest BCUT2D eigenvalue weighted by molar-refractivity contribution is 6.31. The monoisotopic (exact) mass is 366 g/mol. The Bertz CT molecular complexity index is 598. The fourth-order valence-electron chi connectivity index (χ4n) is 3.17. The second-order valence-corrected chi connectivity index (χ2v) is 6.99. The van der Waals surface area contributed by atoms with Gasteiger partial charge in [0, 0.05) is 42.8 Å². The van der Waals surface area contributed by atoms with Crippen LogP contribution in [0.15, 0.2) is 18.2 Å². The van der Waals surface area contributed by atoms with E-state index in [1.807, 2.05) is 25.1 Å². The van der Waals surface area contributed by atoms with Crippen LogP contribution in [0.4, 0.5) is 5.69 Å². The number of amides is 2. The van der Waals surface area contributed by atoms with E-state index in [0.29, 0.717) is 18.2 Å². The molecule has 0 saturated heterocycles. The normalized spacial score (nSPS) is 20.1. The number of hydrogen-bond acceptors (Lipinski definition) is 3. The molecule has 6 heteroatoms. The Morgan fingerprint density at radius 1 is 1.16 bits per heavy atom. The summed E-state index contributed by atoms with van der Waals surface area (Å²) in [4.78, 5) is 24.6. The Hall–Kier alpha value is -1.59. The first kappa shape index (κ1) is 19.7. The van der Waals surface area contributed by atoms with Crippen molar-refractivity contribution in [2.24, 2.45) is 11.8 Å². The first-order chi connectivity index (χ1) is 12.0. The zero-order valence-corrected chi connectivity index (χ0v) is 15.7. The molecule has 0 heterocycles. The molecule has 1 fully saturated rings. The number of anilines is 1. The summed E-state index contributed by atoms with van der Waals surface area (Å²) < 4.78 is 4.97. The number of hydrogen-bond donors (Lipinski definition) is 2. The summed E-state index contributed by atoms with van der Waals surface area (Å²) in [6, 6.07) is 5.50. The van der Waals surface area contributed by atoms with Crippen LogP contribution < -0.4 is 10.6 Å². The fraction of sp³-hybridized carbons (Fsp3) is 0.579. The zero-order chi connectivity index (χ0) is 18.2. The fourth-order valence-corrected chi connectivity index (χ4v) is 3.34. The maximum absolute atomic E-state index is 12.5. The molecule has 138 valence electrons. The number of methoxy groups -OCH3 is 1. The van der Waals surface area contributed by atoms with Gasteiger partial charge in [-0.3, -0.25) is 9.59 Å². The molecule has 0 aliphatic heterocycles. The number of nitrogens with one attached hydrogen (secondary N) is 2. The van der Waals surface area contributed by atoms with E-state index in [1.165, 1.54) is 0 Å². The second kappa shape index (κ2) is 9.78. The average Bonchev–Trinajstić information content (AvgIpc) is 2.62. The third-order valence-electron chi connectivity index (χ3n) is 4.82. The van der Waals surface area contributed by atoms with Crippen LogP contribution in [0.3, 0.4) is 0 Å². The minimum Gasteiger partial charge on any atom is -0.385 e. The molecule has 1 saturated carbocycles. The minimum atomic E-state index is -0.0454. The maximum Gasteiger partial charge on any atom is 0.227 e. The van der Waals surface area contributed by atoms with Gasteiger partial charge in [0.2, 0.25) is 11.8 Å². The van der Waals surface area contributed by atoms with Crippen LogP contribution in [0.5, 0.6) is 0 Å². The SMILES string of the molecule is COCCCNC(=O)C1CCC(C(=O)Nc2cccc(Cl)c2C)CC1. The lowest BCUT2D eigenvalue weighted by molar-refractivity contribution is -0.128. The molecule has 0 radical (unpaired) electrons. The maximum atomic E-state index is 12.5. The number of carbonyl (C=O) groups is 2. The molecule has 25 heavy (non-hydrogen) atoms. The van der Waals surface area contributed by atoms with Crippen LogP contribution >= 0.6 is 11.6 Å². The van der Waals surface area contributed by atoms with Crippen molar-refractivity contribution in [3.63, 3.8) is 0 Å². The number of rotatable bonds is 7. The van der Waals surface area contributed by atoms with E-state index in [0.717, 1.165) is 43.4 Å². The van der Waals surface area contributed by atoms with E-state index in [1.54, 1.807) is 7.11 Å². The van der Waals surface area contributed by atoms with Gasteiger partial charge in [0.1, 0.15) is 0 Å². The number of benzene rings is 1. The van der Waals surface area contributed by atoms with Crippen LogP contribution in [0.25, 0.3) is 0 Å². The van der Waals surface area contributed by atoms with Crippen LogP contribution in [0.1, 0.15) is 37.7 Å². The summed E-state index contributed by atoms with van der Waals surface area (Å²) >= 11 is 6.09. The van der Waals surface area contributed by atoms with Gasteiger partial charge in [-0.25, -0.2) is 0 Å². The van der Waals surface area contributed by atoms with Gasteiger partial charge in [0.25, 0.3) is 0 Å². The van der Waals surface area contributed by atoms with Crippen molar-refractivity contribution in [1.82, 2.24) is 5.32 Å².